The van der Waals surface area contributed by atoms with Crippen molar-refractivity contribution in [3.63, 3.8) is 0 Å². The van der Waals surface area contributed by atoms with Gasteiger partial charge < -0.3 is 18.9 Å². The maximum absolute atomic E-state index is 12.3. The first-order chi connectivity index (χ1) is 26.5. The summed E-state index contributed by atoms with van der Waals surface area (Å²) in [5.41, 5.74) is 0. The van der Waals surface area contributed by atoms with Gasteiger partial charge in [-0.3, -0.25) is 14.5 Å². The lowest BCUT2D eigenvalue weighted by Gasteiger charge is -2.26. The molecule has 1 fully saturated rings. The summed E-state index contributed by atoms with van der Waals surface area (Å²) in [6.07, 6.45) is 26.3. The van der Waals surface area contributed by atoms with Crippen LogP contribution in [0.2, 0.25) is 0 Å². The molecule has 7 heteroatoms. The number of nitrogens with zero attached hydrogens (tertiary/aromatic N) is 1. The minimum Gasteiger partial charge on any atom is -0.465 e. The predicted molar refractivity (Wildman–Crippen MR) is 231 cm³/mol. The molecule has 0 aliphatic carbocycles. The highest BCUT2D eigenvalue weighted by molar-refractivity contribution is 5.69. The Morgan fingerprint density at radius 3 is 1.31 bits per heavy atom. The highest BCUT2D eigenvalue weighted by atomic mass is 16.5. The van der Waals surface area contributed by atoms with Gasteiger partial charge in [-0.05, 0) is 80.5 Å². The van der Waals surface area contributed by atoms with E-state index in [-0.39, 0.29) is 11.9 Å². The van der Waals surface area contributed by atoms with Gasteiger partial charge in [-0.2, -0.15) is 0 Å². The minimum absolute atomic E-state index is 0.0110. The molecule has 0 spiro atoms. The van der Waals surface area contributed by atoms with Crippen molar-refractivity contribution < 1.29 is 28.5 Å². The van der Waals surface area contributed by atoms with Gasteiger partial charge >= 0.3 is 11.9 Å². The fourth-order valence-corrected chi connectivity index (χ4v) is 7.58. The first-order valence-electron chi connectivity index (χ1n) is 23.7. The van der Waals surface area contributed by atoms with Crippen LogP contribution >= 0.6 is 0 Å². The van der Waals surface area contributed by atoms with E-state index < -0.39 is 0 Å². The van der Waals surface area contributed by atoms with Gasteiger partial charge in [-0.15, -0.1) is 0 Å². The standard InChI is InChI=1S/C48H93NO6/c1-40(2)28-30-44(42(5)6)38-54-47(50)26-21-17-13-9-11-15-19-24-46(53-35-23-32-49-33-36-52-37-34-49)25-20-16-12-10-14-18-22-27-48(51)55-39-45(43(7)8)31-29-41(3)4/h40-46H,9-39H2,1-8H3. The van der Waals surface area contributed by atoms with Crippen LogP contribution in [0.3, 0.4) is 0 Å². The lowest BCUT2D eigenvalue weighted by Crippen LogP contribution is -2.37. The smallest absolute Gasteiger partial charge is 0.305 e. The summed E-state index contributed by atoms with van der Waals surface area (Å²) in [5.74, 6) is 3.44. The molecule has 0 aromatic carbocycles. The Labute approximate surface area is 341 Å². The van der Waals surface area contributed by atoms with Crippen molar-refractivity contribution in [2.45, 2.75) is 209 Å². The number of hydrogen-bond donors (Lipinski definition) is 0. The van der Waals surface area contributed by atoms with E-state index in [0.717, 1.165) is 84.4 Å². The molecule has 2 atom stereocenters. The molecule has 1 aliphatic heterocycles. The van der Waals surface area contributed by atoms with Crippen LogP contribution in [0.1, 0.15) is 203 Å². The van der Waals surface area contributed by atoms with E-state index in [1.165, 1.54) is 89.9 Å². The van der Waals surface area contributed by atoms with Crippen LogP contribution in [0.15, 0.2) is 0 Å². The van der Waals surface area contributed by atoms with Gasteiger partial charge in [0.25, 0.3) is 0 Å². The second-order valence-electron chi connectivity index (χ2n) is 18.6. The third-order valence-electron chi connectivity index (χ3n) is 11.9. The van der Waals surface area contributed by atoms with E-state index in [2.05, 4.69) is 60.3 Å². The van der Waals surface area contributed by atoms with Crippen molar-refractivity contribution in [3.05, 3.63) is 0 Å². The molecule has 0 amide bonds. The van der Waals surface area contributed by atoms with Crippen molar-refractivity contribution in [1.29, 1.82) is 0 Å². The lowest BCUT2D eigenvalue weighted by atomic mass is 9.89. The summed E-state index contributed by atoms with van der Waals surface area (Å²) in [7, 11) is 0. The topological polar surface area (TPSA) is 74.3 Å². The van der Waals surface area contributed by atoms with Gasteiger partial charge in [-0.1, -0.05) is 145 Å². The summed E-state index contributed by atoms with van der Waals surface area (Å²) < 4.78 is 23.3. The van der Waals surface area contributed by atoms with E-state index in [9.17, 15) is 9.59 Å². The molecule has 326 valence electrons. The molecule has 0 aromatic rings. The minimum atomic E-state index is -0.0110. The second-order valence-corrected chi connectivity index (χ2v) is 18.6. The Bertz CT molecular complexity index is 828. The summed E-state index contributed by atoms with van der Waals surface area (Å²) >= 11 is 0. The van der Waals surface area contributed by atoms with Crippen molar-refractivity contribution in [2.24, 2.45) is 35.5 Å². The van der Waals surface area contributed by atoms with Crippen LogP contribution in [0, 0.1) is 35.5 Å². The van der Waals surface area contributed by atoms with Crippen LogP contribution in [0.5, 0.6) is 0 Å². The predicted octanol–water partition coefficient (Wildman–Crippen LogP) is 12.6. The van der Waals surface area contributed by atoms with E-state index in [4.69, 9.17) is 18.9 Å². The maximum atomic E-state index is 12.3. The molecule has 1 rings (SSSR count). The van der Waals surface area contributed by atoms with Crippen LogP contribution in [-0.4, -0.2) is 75.6 Å². The van der Waals surface area contributed by atoms with Gasteiger partial charge in [0.1, 0.15) is 0 Å². The average Bonchev–Trinajstić information content (AvgIpc) is 3.14. The molecule has 55 heavy (non-hydrogen) atoms. The molecule has 0 radical (unpaired) electrons. The zero-order valence-electron chi connectivity index (χ0n) is 37.9. The molecular weight excluding hydrogens is 687 g/mol. The maximum Gasteiger partial charge on any atom is 0.305 e. The molecule has 1 heterocycles. The molecule has 0 aromatic heterocycles. The van der Waals surface area contributed by atoms with Gasteiger partial charge in [-0.25, -0.2) is 0 Å². The van der Waals surface area contributed by atoms with Gasteiger partial charge in [0, 0.05) is 39.1 Å². The van der Waals surface area contributed by atoms with E-state index in [1.807, 2.05) is 0 Å². The third kappa shape index (κ3) is 31.5. The Morgan fingerprint density at radius 1 is 0.509 bits per heavy atom. The lowest BCUT2D eigenvalue weighted by molar-refractivity contribution is -0.146. The number of rotatable bonds is 37. The van der Waals surface area contributed by atoms with Crippen LogP contribution < -0.4 is 0 Å². The highest BCUT2D eigenvalue weighted by Gasteiger charge is 2.18. The molecule has 0 bridgehead atoms. The number of unbranched alkanes of at least 4 members (excludes halogenated alkanes) is 12. The number of carbonyl (C=O) groups is 2. The molecule has 0 saturated carbocycles. The summed E-state index contributed by atoms with van der Waals surface area (Å²) in [6, 6.07) is 0. The normalized spacial score (nSPS) is 15.6. The van der Waals surface area contributed by atoms with Crippen molar-refractivity contribution in [3.8, 4) is 0 Å². The molecule has 7 nitrogen and oxygen atoms in total. The number of esters is 2. The Balaban J connectivity index is 2.20. The van der Waals surface area contributed by atoms with E-state index in [1.54, 1.807) is 0 Å². The molecule has 0 N–H and O–H groups in total. The second kappa shape index (κ2) is 34.8. The Hall–Kier alpha value is -1.18. The van der Waals surface area contributed by atoms with Crippen molar-refractivity contribution in [1.82, 2.24) is 4.90 Å². The Kier molecular flexibility index (Phi) is 32.8. The number of morpholine rings is 1. The first kappa shape index (κ1) is 51.8. The number of carbonyl (C=O) groups excluding carboxylic acids is 2. The fraction of sp³-hybridized carbons (Fsp3) is 0.958. The van der Waals surface area contributed by atoms with Crippen LogP contribution in [0.4, 0.5) is 0 Å². The van der Waals surface area contributed by atoms with Crippen LogP contribution in [-0.2, 0) is 28.5 Å². The third-order valence-corrected chi connectivity index (χ3v) is 11.9. The Morgan fingerprint density at radius 2 is 0.909 bits per heavy atom. The first-order valence-corrected chi connectivity index (χ1v) is 23.7. The highest BCUT2D eigenvalue weighted by Crippen LogP contribution is 2.23. The fourth-order valence-electron chi connectivity index (χ4n) is 7.58. The molecular formula is C48H93NO6. The number of hydrogen-bond acceptors (Lipinski definition) is 7. The summed E-state index contributed by atoms with van der Waals surface area (Å²) in [4.78, 5) is 27.2. The van der Waals surface area contributed by atoms with Crippen LogP contribution in [0.25, 0.3) is 0 Å². The largest absolute Gasteiger partial charge is 0.465 e. The SMILES string of the molecule is CC(C)CCC(COC(=O)CCCCCCCCCC(CCCCCCCCCC(=O)OCC(CCC(C)C)C(C)C)OCCCN1CCOCC1)C(C)C. The molecule has 1 aliphatic rings. The summed E-state index contributed by atoms with van der Waals surface area (Å²) in [6.45, 7) is 25.0. The average molecular weight is 780 g/mol. The van der Waals surface area contributed by atoms with E-state index >= 15 is 0 Å². The number of ether oxygens (including phenoxy) is 4. The quantitative estimate of drug-likeness (QED) is 0.0459. The van der Waals surface area contributed by atoms with Crippen molar-refractivity contribution in [2.75, 3.05) is 52.7 Å². The van der Waals surface area contributed by atoms with Gasteiger partial charge in [0.15, 0.2) is 0 Å². The molecule has 1 saturated heterocycles. The zero-order valence-corrected chi connectivity index (χ0v) is 37.9. The van der Waals surface area contributed by atoms with Gasteiger partial charge in [0.05, 0.1) is 32.5 Å². The monoisotopic (exact) mass is 780 g/mol. The van der Waals surface area contributed by atoms with Gasteiger partial charge in [0.2, 0.25) is 0 Å². The molecule has 2 unspecified atom stereocenters. The summed E-state index contributed by atoms with van der Waals surface area (Å²) in [5, 5.41) is 0. The zero-order chi connectivity index (χ0) is 40.5. The van der Waals surface area contributed by atoms with Crippen molar-refractivity contribution >= 4 is 11.9 Å². The van der Waals surface area contributed by atoms with E-state index in [0.29, 0.717) is 67.7 Å².